The zero-order chi connectivity index (χ0) is 22.7. The van der Waals surface area contributed by atoms with Crippen LogP contribution in [0.4, 0.5) is 0 Å². The molecule has 31 heavy (non-hydrogen) atoms. The van der Waals surface area contributed by atoms with Gasteiger partial charge in [0.05, 0.1) is 0 Å². The van der Waals surface area contributed by atoms with Crippen molar-refractivity contribution in [2.75, 3.05) is 0 Å². The van der Waals surface area contributed by atoms with Crippen LogP contribution < -0.4 is 0 Å². The molecule has 0 aliphatic heterocycles. The fraction of sp³-hybridized carbons (Fsp3) is 0.900. The Morgan fingerprint density at radius 3 is 2.06 bits per heavy atom. The van der Waals surface area contributed by atoms with Gasteiger partial charge in [0.2, 0.25) is 0 Å². The van der Waals surface area contributed by atoms with Gasteiger partial charge in [-0.1, -0.05) is 66.5 Å². The molecule has 0 aromatic carbocycles. The maximum Gasteiger partial charge on any atom is 0.138 e. The van der Waals surface area contributed by atoms with E-state index in [9.17, 15) is 4.79 Å². The summed E-state index contributed by atoms with van der Waals surface area (Å²) >= 11 is 0. The van der Waals surface area contributed by atoms with Crippen LogP contribution >= 0.6 is 0 Å². The molecule has 1 heteroatoms. The van der Waals surface area contributed by atoms with Crippen molar-refractivity contribution in [3.05, 3.63) is 11.1 Å². The van der Waals surface area contributed by atoms with Gasteiger partial charge in [-0.25, -0.2) is 0 Å². The fourth-order valence-corrected chi connectivity index (χ4v) is 10.3. The molecule has 0 amide bonds. The van der Waals surface area contributed by atoms with Crippen molar-refractivity contribution in [1.29, 1.82) is 0 Å². The average Bonchev–Trinajstić information content (AvgIpc) is 2.67. The SMILES string of the molecule is CC1(C)CC[C@]2(C)CC[C@]3(C)C(=C2C1)CC[C@@H]1[C@@]2(C)CCC(=O)C(C)(C)[C@@H]2CC[C@]13C. The van der Waals surface area contributed by atoms with Crippen LogP contribution in [0.25, 0.3) is 0 Å². The quantitative estimate of drug-likeness (QED) is 0.356. The molecule has 0 spiro atoms. The van der Waals surface area contributed by atoms with Gasteiger partial charge >= 0.3 is 0 Å². The second kappa shape index (κ2) is 6.29. The molecule has 5 aliphatic rings. The highest BCUT2D eigenvalue weighted by atomic mass is 16.1. The summed E-state index contributed by atoms with van der Waals surface area (Å²) in [5.41, 5.74) is 5.67. The van der Waals surface area contributed by atoms with Gasteiger partial charge in [0.25, 0.3) is 0 Å². The highest BCUT2D eigenvalue weighted by molar-refractivity contribution is 5.85. The van der Waals surface area contributed by atoms with Crippen LogP contribution in [-0.2, 0) is 4.79 Å². The first-order chi connectivity index (χ1) is 14.2. The van der Waals surface area contributed by atoms with Crippen LogP contribution in [0.5, 0.6) is 0 Å². The molecule has 0 saturated heterocycles. The Bertz CT molecular complexity index is 844. The number of ketones is 1. The van der Waals surface area contributed by atoms with Crippen molar-refractivity contribution >= 4 is 5.78 Å². The van der Waals surface area contributed by atoms with E-state index < -0.39 is 0 Å². The van der Waals surface area contributed by atoms with E-state index in [0.29, 0.717) is 38.8 Å². The van der Waals surface area contributed by atoms with E-state index in [-0.39, 0.29) is 5.41 Å². The number of carbonyl (C=O) groups excluding carboxylic acids is 1. The number of hydrogen-bond donors (Lipinski definition) is 0. The van der Waals surface area contributed by atoms with Gasteiger partial charge in [-0.2, -0.15) is 0 Å². The number of fused-ring (bicyclic) bond motifs is 6. The molecule has 1 nitrogen and oxygen atoms in total. The van der Waals surface area contributed by atoms with Crippen LogP contribution in [0.2, 0.25) is 0 Å². The lowest BCUT2D eigenvalue weighted by Gasteiger charge is -2.70. The molecule has 0 bridgehead atoms. The highest BCUT2D eigenvalue weighted by Gasteiger charge is 2.67. The highest BCUT2D eigenvalue weighted by Crippen LogP contribution is 2.75. The Kier molecular flexibility index (Phi) is 4.51. The molecular formula is C30H48O. The third-order valence-electron chi connectivity index (χ3n) is 12.7. The van der Waals surface area contributed by atoms with Gasteiger partial charge in [-0.15, -0.1) is 0 Å². The fourth-order valence-electron chi connectivity index (χ4n) is 10.3. The zero-order valence-electron chi connectivity index (χ0n) is 21.8. The van der Waals surface area contributed by atoms with E-state index in [4.69, 9.17) is 0 Å². The van der Waals surface area contributed by atoms with Crippen molar-refractivity contribution in [2.24, 2.45) is 44.3 Å². The molecule has 5 rings (SSSR count). The molecule has 174 valence electrons. The normalized spacial score (nSPS) is 50.8. The van der Waals surface area contributed by atoms with Crippen molar-refractivity contribution in [3.8, 4) is 0 Å². The third kappa shape index (κ3) is 2.70. The molecule has 4 saturated carbocycles. The molecule has 0 aromatic heterocycles. The second-order valence-electron chi connectivity index (χ2n) is 14.9. The Hall–Kier alpha value is -0.590. The van der Waals surface area contributed by atoms with Crippen LogP contribution in [0.15, 0.2) is 11.1 Å². The standard InChI is InChI=1S/C30H48O/c1-25(2)15-16-27(5)17-18-29(7)20(21(27)19-25)9-10-23-28(6)13-12-24(31)26(3,4)22(28)11-14-30(23,29)8/h22-23H,9-19H2,1-8H3/t22-,23+,27+,28-,29+,30+/m0/s1. The van der Waals surface area contributed by atoms with Crippen molar-refractivity contribution in [2.45, 2.75) is 126 Å². The molecule has 0 heterocycles. The van der Waals surface area contributed by atoms with E-state index in [1.165, 1.54) is 57.8 Å². The Balaban J connectivity index is 1.60. The number of rotatable bonds is 0. The van der Waals surface area contributed by atoms with Crippen LogP contribution in [0.3, 0.4) is 0 Å². The van der Waals surface area contributed by atoms with Gasteiger partial charge in [-0.3, -0.25) is 4.79 Å². The smallest absolute Gasteiger partial charge is 0.138 e. The van der Waals surface area contributed by atoms with E-state index in [0.717, 1.165) is 18.8 Å². The van der Waals surface area contributed by atoms with E-state index >= 15 is 0 Å². The third-order valence-corrected chi connectivity index (χ3v) is 12.7. The van der Waals surface area contributed by atoms with Crippen molar-refractivity contribution in [3.63, 3.8) is 0 Å². The Morgan fingerprint density at radius 2 is 1.35 bits per heavy atom. The zero-order valence-corrected chi connectivity index (χ0v) is 21.8. The summed E-state index contributed by atoms with van der Waals surface area (Å²) in [6.07, 6.45) is 14.1. The monoisotopic (exact) mass is 424 g/mol. The minimum Gasteiger partial charge on any atom is -0.299 e. The number of allylic oxidation sites excluding steroid dienone is 2. The van der Waals surface area contributed by atoms with Crippen molar-refractivity contribution < 1.29 is 4.79 Å². The maximum absolute atomic E-state index is 12.9. The predicted octanol–water partition coefficient (Wildman–Crippen LogP) is 8.52. The molecular weight excluding hydrogens is 376 g/mol. The molecule has 0 N–H and O–H groups in total. The summed E-state index contributed by atoms with van der Waals surface area (Å²) in [5.74, 6) is 1.86. The van der Waals surface area contributed by atoms with Gasteiger partial charge < -0.3 is 0 Å². The first-order valence-corrected chi connectivity index (χ1v) is 13.5. The topological polar surface area (TPSA) is 17.1 Å². The average molecular weight is 425 g/mol. The summed E-state index contributed by atoms with van der Waals surface area (Å²) < 4.78 is 0. The van der Waals surface area contributed by atoms with Gasteiger partial charge in [0, 0.05) is 11.8 Å². The minimum atomic E-state index is -0.132. The largest absolute Gasteiger partial charge is 0.299 e. The summed E-state index contributed by atoms with van der Waals surface area (Å²) in [4.78, 5) is 12.9. The van der Waals surface area contributed by atoms with Crippen molar-refractivity contribution in [1.82, 2.24) is 0 Å². The second-order valence-corrected chi connectivity index (χ2v) is 14.9. The van der Waals surface area contributed by atoms with E-state index in [1.807, 2.05) is 11.1 Å². The maximum atomic E-state index is 12.9. The Labute approximate surface area is 192 Å². The molecule has 0 unspecified atom stereocenters. The molecule has 0 radical (unpaired) electrons. The summed E-state index contributed by atoms with van der Waals surface area (Å²) in [6, 6.07) is 0. The molecule has 5 aliphatic carbocycles. The Morgan fingerprint density at radius 1 is 0.677 bits per heavy atom. The van der Waals surface area contributed by atoms with Crippen LogP contribution in [0.1, 0.15) is 126 Å². The lowest BCUT2D eigenvalue weighted by atomic mass is 9.34. The molecule has 0 aromatic rings. The van der Waals surface area contributed by atoms with E-state index in [1.54, 1.807) is 0 Å². The van der Waals surface area contributed by atoms with E-state index in [2.05, 4.69) is 55.4 Å². The predicted molar refractivity (Wildman–Crippen MR) is 130 cm³/mol. The minimum absolute atomic E-state index is 0.132. The number of hydrogen-bond acceptors (Lipinski definition) is 1. The van der Waals surface area contributed by atoms with Gasteiger partial charge in [0.15, 0.2) is 0 Å². The lowest BCUT2D eigenvalue weighted by molar-refractivity contribution is -0.184. The first-order valence-electron chi connectivity index (χ1n) is 13.5. The van der Waals surface area contributed by atoms with Gasteiger partial charge in [-0.05, 0) is 103 Å². The van der Waals surface area contributed by atoms with Gasteiger partial charge in [0.1, 0.15) is 5.78 Å². The van der Waals surface area contributed by atoms with Crippen LogP contribution in [0, 0.1) is 44.3 Å². The summed E-state index contributed by atoms with van der Waals surface area (Å²) in [5, 5.41) is 0. The number of Topliss-reactive ketones (excluding diaryl/α,β-unsaturated/α-hetero) is 1. The first kappa shape index (κ1) is 22.2. The lowest BCUT2D eigenvalue weighted by Crippen LogP contribution is -2.63. The summed E-state index contributed by atoms with van der Waals surface area (Å²) in [7, 11) is 0. The molecule has 4 fully saturated rings. The summed E-state index contributed by atoms with van der Waals surface area (Å²) in [6.45, 7) is 20.1. The molecule has 6 atom stereocenters. The van der Waals surface area contributed by atoms with Crippen LogP contribution in [-0.4, -0.2) is 5.78 Å². The number of carbonyl (C=O) groups is 1.